The van der Waals surface area contributed by atoms with Gasteiger partial charge in [0.15, 0.2) is 0 Å². The molecule has 0 unspecified atom stereocenters. The fourth-order valence-electron chi connectivity index (χ4n) is 3.00. The van der Waals surface area contributed by atoms with E-state index in [1.807, 2.05) is 83.1 Å². The maximum Gasteiger partial charge on any atom is 0.0991 e. The highest BCUT2D eigenvalue weighted by Gasteiger charge is 2.09. The number of hydrogen-bond acceptors (Lipinski definition) is 4. The van der Waals surface area contributed by atoms with Crippen molar-refractivity contribution >= 4 is 11.4 Å². The van der Waals surface area contributed by atoms with Crippen molar-refractivity contribution < 1.29 is 0 Å². The van der Waals surface area contributed by atoms with Gasteiger partial charge in [-0.25, -0.2) is 0 Å². The lowest BCUT2D eigenvalue weighted by atomic mass is 10.0. The SMILES string of the molecule is N#Cc1ccc(N2C=CC(=C3C=CN(c4ccc(C#N)cc4)C=C3)C=C2)cc1. The molecule has 2 aliphatic heterocycles. The van der Waals surface area contributed by atoms with Gasteiger partial charge in [-0.05, 0) is 84.0 Å². The van der Waals surface area contributed by atoms with Gasteiger partial charge in [-0.2, -0.15) is 10.5 Å². The molecule has 0 N–H and O–H groups in total. The summed E-state index contributed by atoms with van der Waals surface area (Å²) >= 11 is 0. The molecule has 0 spiro atoms. The molecule has 0 fully saturated rings. The number of benzene rings is 2. The van der Waals surface area contributed by atoms with E-state index in [1.165, 1.54) is 0 Å². The molecule has 0 aromatic heterocycles. The summed E-state index contributed by atoms with van der Waals surface area (Å²) in [6, 6.07) is 19.3. The molecule has 2 aromatic carbocycles. The third-order valence-electron chi connectivity index (χ3n) is 4.58. The van der Waals surface area contributed by atoms with Gasteiger partial charge in [0.25, 0.3) is 0 Å². The van der Waals surface area contributed by atoms with Gasteiger partial charge in [0.05, 0.1) is 23.3 Å². The number of nitriles is 2. The molecule has 2 aromatic rings. The number of anilines is 2. The van der Waals surface area contributed by atoms with Crippen LogP contribution in [0.4, 0.5) is 11.4 Å². The lowest BCUT2D eigenvalue weighted by Gasteiger charge is -2.22. The van der Waals surface area contributed by atoms with E-state index in [9.17, 15) is 0 Å². The summed E-state index contributed by atoms with van der Waals surface area (Å²) in [6.45, 7) is 0. The van der Waals surface area contributed by atoms with Gasteiger partial charge in [0.1, 0.15) is 0 Å². The molecule has 2 heterocycles. The Bertz CT molecular complexity index is 992. The van der Waals surface area contributed by atoms with Crippen molar-refractivity contribution in [1.29, 1.82) is 10.5 Å². The van der Waals surface area contributed by atoms with E-state index >= 15 is 0 Å². The van der Waals surface area contributed by atoms with Crippen molar-refractivity contribution in [2.24, 2.45) is 0 Å². The van der Waals surface area contributed by atoms with Crippen LogP contribution in [-0.2, 0) is 0 Å². The summed E-state index contributed by atoms with van der Waals surface area (Å²) in [5.41, 5.74) is 5.57. The molecular formula is C24H16N4. The molecule has 0 saturated heterocycles. The van der Waals surface area contributed by atoms with Crippen LogP contribution in [0.15, 0.2) is 109 Å². The van der Waals surface area contributed by atoms with E-state index in [4.69, 9.17) is 10.5 Å². The van der Waals surface area contributed by atoms with Gasteiger partial charge in [-0.15, -0.1) is 0 Å². The van der Waals surface area contributed by atoms with Gasteiger partial charge in [-0.1, -0.05) is 0 Å². The molecular weight excluding hydrogens is 344 g/mol. The first-order valence-electron chi connectivity index (χ1n) is 8.81. The Morgan fingerprint density at radius 1 is 0.500 bits per heavy atom. The number of hydrogen-bond donors (Lipinski definition) is 0. The Hall–Kier alpha value is -4.28. The predicted molar refractivity (Wildman–Crippen MR) is 111 cm³/mol. The predicted octanol–water partition coefficient (Wildman–Crippen LogP) is 5.12. The standard InChI is InChI=1S/C24H16N4/c25-17-19-1-5-23(6-2-19)27-13-9-21(10-14-27)22-11-15-28(16-12-22)24-7-3-20(18-26)4-8-24/h1-16H. The number of nitrogens with zero attached hydrogens (tertiary/aromatic N) is 4. The average molecular weight is 360 g/mol. The fraction of sp³-hybridized carbons (Fsp3) is 0. The first kappa shape index (κ1) is 17.1. The van der Waals surface area contributed by atoms with Crippen LogP contribution in [0.5, 0.6) is 0 Å². The Morgan fingerprint density at radius 3 is 1.11 bits per heavy atom. The third-order valence-corrected chi connectivity index (χ3v) is 4.58. The van der Waals surface area contributed by atoms with Gasteiger partial charge in [0, 0.05) is 36.2 Å². The minimum Gasteiger partial charge on any atom is -0.324 e. The van der Waals surface area contributed by atoms with Crippen LogP contribution in [0.3, 0.4) is 0 Å². The van der Waals surface area contributed by atoms with Crippen molar-refractivity contribution in [3.8, 4) is 12.1 Å². The largest absolute Gasteiger partial charge is 0.324 e. The molecule has 132 valence electrons. The summed E-state index contributed by atoms with van der Waals surface area (Å²) in [4.78, 5) is 4.04. The first-order valence-corrected chi connectivity index (χ1v) is 8.81. The monoisotopic (exact) mass is 360 g/mol. The van der Waals surface area contributed by atoms with Crippen LogP contribution in [-0.4, -0.2) is 0 Å². The van der Waals surface area contributed by atoms with Crippen molar-refractivity contribution in [1.82, 2.24) is 0 Å². The Labute approximate surface area is 164 Å². The highest BCUT2D eigenvalue weighted by molar-refractivity contribution is 5.62. The van der Waals surface area contributed by atoms with Gasteiger partial charge >= 0.3 is 0 Å². The zero-order chi connectivity index (χ0) is 19.3. The minimum absolute atomic E-state index is 0.654. The van der Waals surface area contributed by atoms with E-state index in [2.05, 4.69) is 36.4 Å². The van der Waals surface area contributed by atoms with Crippen molar-refractivity contribution in [3.05, 3.63) is 120 Å². The summed E-state index contributed by atoms with van der Waals surface area (Å²) in [5.74, 6) is 0. The quantitative estimate of drug-likeness (QED) is 0.746. The zero-order valence-corrected chi connectivity index (χ0v) is 15.0. The molecule has 4 rings (SSSR count). The molecule has 28 heavy (non-hydrogen) atoms. The smallest absolute Gasteiger partial charge is 0.0991 e. The van der Waals surface area contributed by atoms with Crippen molar-refractivity contribution in [2.45, 2.75) is 0 Å². The highest BCUT2D eigenvalue weighted by Crippen LogP contribution is 2.25. The van der Waals surface area contributed by atoms with Crippen LogP contribution >= 0.6 is 0 Å². The number of allylic oxidation sites excluding steroid dienone is 6. The molecule has 2 aliphatic rings. The lowest BCUT2D eigenvalue weighted by Crippen LogP contribution is -2.12. The van der Waals surface area contributed by atoms with Crippen LogP contribution in [0.1, 0.15) is 11.1 Å². The van der Waals surface area contributed by atoms with Crippen LogP contribution < -0.4 is 9.80 Å². The van der Waals surface area contributed by atoms with E-state index in [0.717, 1.165) is 22.5 Å². The molecule has 0 aliphatic carbocycles. The van der Waals surface area contributed by atoms with Gasteiger partial charge in [-0.3, -0.25) is 0 Å². The molecule has 0 radical (unpaired) electrons. The summed E-state index contributed by atoms with van der Waals surface area (Å²) < 4.78 is 0. The molecule has 0 saturated carbocycles. The van der Waals surface area contributed by atoms with Crippen LogP contribution in [0, 0.1) is 22.7 Å². The lowest BCUT2D eigenvalue weighted by molar-refractivity contribution is 1.22. The Balaban J connectivity index is 1.48. The molecule has 4 heteroatoms. The van der Waals surface area contributed by atoms with Crippen LogP contribution in [0.25, 0.3) is 0 Å². The topological polar surface area (TPSA) is 54.1 Å². The summed E-state index contributed by atoms with van der Waals surface area (Å²) in [5, 5.41) is 17.8. The maximum absolute atomic E-state index is 8.91. The Kier molecular flexibility index (Phi) is 4.61. The van der Waals surface area contributed by atoms with E-state index in [0.29, 0.717) is 11.1 Å². The second kappa shape index (κ2) is 7.53. The minimum atomic E-state index is 0.654. The van der Waals surface area contributed by atoms with Crippen molar-refractivity contribution in [2.75, 3.05) is 9.80 Å². The number of rotatable bonds is 2. The van der Waals surface area contributed by atoms with Gasteiger partial charge < -0.3 is 9.80 Å². The van der Waals surface area contributed by atoms with E-state index < -0.39 is 0 Å². The third kappa shape index (κ3) is 3.49. The Morgan fingerprint density at radius 2 is 0.821 bits per heavy atom. The van der Waals surface area contributed by atoms with Crippen molar-refractivity contribution in [3.63, 3.8) is 0 Å². The van der Waals surface area contributed by atoms with Crippen LogP contribution in [0.2, 0.25) is 0 Å². The van der Waals surface area contributed by atoms with E-state index in [1.54, 1.807) is 0 Å². The summed E-state index contributed by atoms with van der Waals surface area (Å²) in [6.07, 6.45) is 16.3. The molecule has 0 amide bonds. The highest BCUT2D eigenvalue weighted by atomic mass is 15.1. The summed E-state index contributed by atoms with van der Waals surface area (Å²) in [7, 11) is 0. The fourth-order valence-corrected chi connectivity index (χ4v) is 3.00. The second-order valence-electron chi connectivity index (χ2n) is 6.31. The van der Waals surface area contributed by atoms with Gasteiger partial charge in [0.2, 0.25) is 0 Å². The molecule has 0 bridgehead atoms. The molecule has 0 atom stereocenters. The first-order chi connectivity index (χ1) is 13.8. The normalized spacial score (nSPS) is 14.9. The molecule has 4 nitrogen and oxygen atoms in total. The maximum atomic E-state index is 8.91. The second-order valence-corrected chi connectivity index (χ2v) is 6.31. The average Bonchev–Trinajstić information content (AvgIpc) is 2.79. The van der Waals surface area contributed by atoms with E-state index in [-0.39, 0.29) is 0 Å². The zero-order valence-electron chi connectivity index (χ0n) is 15.0.